The Balaban J connectivity index is 0.000000103. The maximum absolute atomic E-state index is 5.94. The molecule has 0 aliphatic carbocycles. The molecule has 0 spiro atoms. The van der Waals surface area contributed by atoms with Gasteiger partial charge in [-0.2, -0.15) is 0 Å². The summed E-state index contributed by atoms with van der Waals surface area (Å²) in [4.78, 5) is 29.7. The number of fused-ring (bicyclic) bond motifs is 27. The third-order valence-electron chi connectivity index (χ3n) is 26.7. The topological polar surface area (TPSA) is 208 Å². The number of hydrogen-bond donors (Lipinski definition) is 0. The summed E-state index contributed by atoms with van der Waals surface area (Å²) >= 11 is 0. The molecule has 0 amide bonds. The summed E-state index contributed by atoms with van der Waals surface area (Å²) in [6, 6.07) is 94.8. The predicted molar refractivity (Wildman–Crippen MR) is 595 cm³/mol. The average molecular weight is 1900 g/mol. The van der Waals surface area contributed by atoms with Crippen LogP contribution in [0.3, 0.4) is 0 Å². The summed E-state index contributed by atoms with van der Waals surface area (Å²) < 4.78 is 52.5. The van der Waals surface area contributed by atoms with Crippen LogP contribution < -0.4 is 0 Å². The first-order valence-corrected chi connectivity index (χ1v) is 50.0. The summed E-state index contributed by atoms with van der Waals surface area (Å²) in [6.07, 6.45) is 18.0. The largest absolute Gasteiger partial charge is 0.456 e. The zero-order valence-corrected chi connectivity index (χ0v) is 84.8. The van der Waals surface area contributed by atoms with Gasteiger partial charge >= 0.3 is 0 Å². The van der Waals surface area contributed by atoms with Crippen molar-refractivity contribution < 1.29 is 39.8 Å². The number of aromatic nitrogens is 7. The first-order chi connectivity index (χ1) is 69.9. The van der Waals surface area contributed by atoms with Gasteiger partial charge in [0, 0.05) is 148 Å². The first kappa shape index (κ1) is 96.5. The summed E-state index contributed by atoms with van der Waals surface area (Å²) in [5.74, 6) is 4.47. The van der Waals surface area contributed by atoms with E-state index in [1.165, 1.54) is 77.0 Å². The first-order valence-electron chi connectivity index (χ1n) is 50.0. The van der Waals surface area contributed by atoms with Crippen LogP contribution in [0.4, 0.5) is 0 Å². The maximum atomic E-state index is 5.94. The van der Waals surface area contributed by atoms with Gasteiger partial charge in [0.05, 0.1) is 0 Å². The second kappa shape index (κ2) is 42.2. The predicted octanol–water partition coefficient (Wildman–Crippen LogP) is 38.1. The second-order valence-electron chi connectivity index (χ2n) is 39.4. The molecule has 144 heavy (non-hydrogen) atoms. The van der Waals surface area contributed by atoms with Crippen molar-refractivity contribution in [3.63, 3.8) is 0 Å². The number of para-hydroxylation sites is 6. The third-order valence-corrected chi connectivity index (χ3v) is 26.7. The van der Waals surface area contributed by atoms with Gasteiger partial charge in [0.2, 0.25) is 11.4 Å². The Kier molecular flexibility index (Phi) is 28.3. The van der Waals surface area contributed by atoms with Crippen molar-refractivity contribution in [2.45, 2.75) is 178 Å². The monoisotopic (exact) mass is 1900 g/mol. The van der Waals surface area contributed by atoms with Crippen molar-refractivity contribution in [1.29, 1.82) is 0 Å². The van der Waals surface area contributed by atoms with E-state index in [1.54, 1.807) is 43.4 Å². The van der Waals surface area contributed by atoms with Crippen molar-refractivity contribution in [2.75, 3.05) is 0 Å². The van der Waals surface area contributed by atoms with Gasteiger partial charge in [-0.05, 0) is 231 Å². The Morgan fingerprint density at radius 3 is 1.01 bits per heavy atom. The lowest BCUT2D eigenvalue weighted by Crippen LogP contribution is -1.87. The smallest absolute Gasteiger partial charge is 0.227 e. The number of furan rings is 9. The van der Waals surface area contributed by atoms with Crippen LogP contribution in [0.1, 0.15) is 228 Å². The third kappa shape index (κ3) is 19.9. The van der Waals surface area contributed by atoms with E-state index in [4.69, 9.17) is 39.8 Å². The molecule has 0 aliphatic rings. The van der Waals surface area contributed by atoms with Crippen LogP contribution in [0.25, 0.3) is 198 Å². The van der Waals surface area contributed by atoms with Crippen molar-refractivity contribution in [3.8, 4) is 0 Å². The minimum absolute atomic E-state index is 0.462. The molecular weight excluding hydrogens is 1780 g/mol. The molecule has 0 fully saturated rings. The highest BCUT2D eigenvalue weighted by molar-refractivity contribution is 6.12. The summed E-state index contributed by atoms with van der Waals surface area (Å²) in [6.45, 7) is 39.4. The summed E-state index contributed by atoms with van der Waals surface area (Å²) in [5, 5.41) is 18.5. The molecule has 0 bridgehead atoms. The van der Waals surface area contributed by atoms with Crippen LogP contribution in [0.15, 0.2) is 381 Å². The van der Waals surface area contributed by atoms with Gasteiger partial charge in [0.25, 0.3) is 0 Å². The molecule has 0 unspecified atom stereocenters. The van der Waals surface area contributed by atoms with Crippen molar-refractivity contribution >= 4 is 198 Å². The number of benzene rings is 11. The average Bonchev–Trinajstić information content (AvgIpc) is 1.66. The second-order valence-corrected chi connectivity index (χ2v) is 39.4. The highest BCUT2D eigenvalue weighted by atomic mass is 16.4. The van der Waals surface area contributed by atoms with Crippen molar-refractivity contribution in [3.05, 3.63) is 391 Å². The number of nitrogens with zero attached hydrogens (tertiary/aromatic N) is 7. The highest BCUT2D eigenvalue weighted by Crippen LogP contribution is 2.42. The normalized spacial score (nSPS) is 11.7. The minimum atomic E-state index is 0.462. The van der Waals surface area contributed by atoms with E-state index in [0.717, 1.165) is 171 Å². The van der Waals surface area contributed by atoms with E-state index in [0.29, 0.717) is 53.3 Å². The molecule has 720 valence electrons. The zero-order chi connectivity index (χ0) is 100. The number of rotatable bonds is 9. The van der Waals surface area contributed by atoms with E-state index in [9.17, 15) is 0 Å². The fourth-order valence-corrected chi connectivity index (χ4v) is 19.0. The molecule has 16 nitrogen and oxygen atoms in total. The molecule has 0 N–H and O–H groups in total. The van der Waals surface area contributed by atoms with E-state index in [-0.39, 0.29) is 0 Å². The standard InChI is InChI=1S/2C15H14O.7C14H13NO/c1-10(2)11-7-5-8-13-12-6-3-4-9-14(12)16-15(11)13;1-10(2)11-7-5-9-14-15(11)12-6-3-4-8-13(12)16-14;1-9(2)10-5-3-7-12-13(10)11-6-4-8-15-14(11)16-12;1-9(2)10-5-3-6-11-13-12(16-14(10)11)7-4-8-15-13;1-9(2)10-5-3-6-11-12-7-4-8-15-14(12)16-13(10)11;1-9(2)10-3-4-13-11(7-10)12-8-15-6-5-14(12)16-13;1-9(2)10-3-4-11-12-8-15-6-5-13(12)16-14(11)7-10;1-9(2)10-5-6-11-13(8-10)16-12-4-3-7-15-14(11)12;1-9(2)10-4-3-5-11-12-8-15-7-6-13(12)16-14(10)11/h2*3-10H,1-2H3;7*3-9H,1-2H3. The Bertz CT molecular complexity index is 8460. The molecule has 27 rings (SSSR count). The van der Waals surface area contributed by atoms with E-state index >= 15 is 0 Å². The Labute approximate surface area is 836 Å². The van der Waals surface area contributed by atoms with Crippen LogP contribution in [0.2, 0.25) is 0 Å². The lowest BCUT2D eigenvalue weighted by atomic mass is 9.97. The molecule has 0 saturated heterocycles. The molecule has 16 heteroatoms. The van der Waals surface area contributed by atoms with Crippen LogP contribution in [0.5, 0.6) is 0 Å². The molecular formula is C128H119N7O9. The van der Waals surface area contributed by atoms with E-state index in [1.807, 2.05) is 122 Å². The van der Waals surface area contributed by atoms with Gasteiger partial charge in [-0.25, -0.2) is 9.97 Å². The zero-order valence-electron chi connectivity index (χ0n) is 84.8. The van der Waals surface area contributed by atoms with Crippen LogP contribution in [-0.2, 0) is 0 Å². The lowest BCUT2D eigenvalue weighted by Gasteiger charge is -2.06. The lowest BCUT2D eigenvalue weighted by molar-refractivity contribution is 0.643. The highest BCUT2D eigenvalue weighted by Gasteiger charge is 2.22. The molecule has 0 atom stereocenters. The van der Waals surface area contributed by atoms with E-state index in [2.05, 4.69) is 335 Å². The Morgan fingerprint density at radius 2 is 0.472 bits per heavy atom. The van der Waals surface area contributed by atoms with Gasteiger partial charge in [-0.1, -0.05) is 276 Å². The van der Waals surface area contributed by atoms with Crippen LogP contribution in [-0.4, -0.2) is 34.9 Å². The van der Waals surface area contributed by atoms with Crippen molar-refractivity contribution in [2.24, 2.45) is 0 Å². The van der Waals surface area contributed by atoms with E-state index < -0.39 is 0 Å². The van der Waals surface area contributed by atoms with Gasteiger partial charge < -0.3 is 39.8 Å². The summed E-state index contributed by atoms with van der Waals surface area (Å²) in [5.41, 5.74) is 30.2. The molecule has 0 saturated carbocycles. The molecule has 11 aromatic carbocycles. The van der Waals surface area contributed by atoms with Crippen molar-refractivity contribution in [1.82, 2.24) is 34.9 Å². The fourth-order valence-electron chi connectivity index (χ4n) is 19.0. The van der Waals surface area contributed by atoms with Crippen LogP contribution >= 0.6 is 0 Å². The molecule has 0 aliphatic heterocycles. The maximum Gasteiger partial charge on any atom is 0.227 e. The Hall–Kier alpha value is -16.3. The SMILES string of the molecule is CC(C)c1ccc2c(c1)oc1cccnc12.CC(C)c1ccc2c(c1)oc1ccncc12.CC(C)c1ccc2oc3ccncc3c2c1.CC(C)c1cccc2c1oc1ccccc12.CC(C)c1cccc2c1oc1cccnc12.CC(C)c1cccc2c1oc1ccncc12.CC(C)c1cccc2c1oc1ncccc12.CC(C)c1cccc2oc3ccccc3c12.CC(C)c1cccc2oc3ncccc3c12. The fraction of sp³-hybridized carbons (Fsp3) is 0.211. The minimum Gasteiger partial charge on any atom is -0.456 e. The van der Waals surface area contributed by atoms with Gasteiger partial charge in [-0.15, -0.1) is 0 Å². The molecule has 0 radical (unpaired) electrons. The number of pyridine rings is 7. The van der Waals surface area contributed by atoms with Gasteiger partial charge in [0.15, 0.2) is 11.2 Å². The molecule has 27 aromatic rings. The molecule has 16 heterocycles. The quantitative estimate of drug-likeness (QED) is 0.132. The summed E-state index contributed by atoms with van der Waals surface area (Å²) in [7, 11) is 0. The van der Waals surface area contributed by atoms with Gasteiger partial charge in [0.1, 0.15) is 89.2 Å². The van der Waals surface area contributed by atoms with Gasteiger partial charge in [-0.3, -0.25) is 24.9 Å². The van der Waals surface area contributed by atoms with Crippen LogP contribution in [0, 0.1) is 0 Å². The number of hydrogen-bond acceptors (Lipinski definition) is 16. The molecule has 16 aromatic heterocycles. The Morgan fingerprint density at radius 1 is 0.167 bits per heavy atom.